The van der Waals surface area contributed by atoms with E-state index in [0.717, 1.165) is 0 Å². The second-order valence-corrected chi connectivity index (χ2v) is 4.98. The van der Waals surface area contributed by atoms with E-state index in [0.29, 0.717) is 17.5 Å². The maximum Gasteiger partial charge on any atom is 0.427 e. The lowest BCUT2D eigenvalue weighted by atomic mass is 10.1. The van der Waals surface area contributed by atoms with Crippen molar-refractivity contribution in [3.63, 3.8) is 0 Å². The van der Waals surface area contributed by atoms with Crippen molar-refractivity contribution in [1.82, 2.24) is 4.98 Å². The zero-order chi connectivity index (χ0) is 14.8. The highest BCUT2D eigenvalue weighted by Gasteiger charge is 2.33. The van der Waals surface area contributed by atoms with Crippen molar-refractivity contribution >= 4 is 16.5 Å². The molecule has 1 heterocycles. The van der Waals surface area contributed by atoms with Gasteiger partial charge < -0.3 is 10.4 Å². The van der Waals surface area contributed by atoms with Crippen molar-refractivity contribution in [2.75, 3.05) is 11.9 Å². The molecule has 0 saturated heterocycles. The van der Waals surface area contributed by atoms with Gasteiger partial charge in [-0.25, -0.2) is 9.37 Å². The Hall–Kier alpha value is -1.67. The van der Waals surface area contributed by atoms with Crippen molar-refractivity contribution in [1.29, 1.82) is 0 Å². The number of nitrogens with one attached hydrogen (secondary N) is 1. The van der Waals surface area contributed by atoms with E-state index in [4.69, 9.17) is 0 Å². The molecule has 1 aromatic carbocycles. The molecule has 2 aromatic rings. The Kier molecular flexibility index (Phi) is 4.24. The molecule has 0 aliphatic carbocycles. The predicted molar refractivity (Wildman–Crippen MR) is 67.0 cm³/mol. The number of thiazole rings is 1. The first-order valence-electron chi connectivity index (χ1n) is 5.57. The SMILES string of the molecule is OC(CNc1ncc(C(F)(F)F)s1)c1ccccc1F. The second kappa shape index (κ2) is 5.76. The first-order valence-corrected chi connectivity index (χ1v) is 6.39. The minimum absolute atomic E-state index is 0.0210. The fourth-order valence-electron chi connectivity index (χ4n) is 1.53. The summed E-state index contributed by atoms with van der Waals surface area (Å²) in [6.45, 7) is -0.133. The summed E-state index contributed by atoms with van der Waals surface area (Å²) >= 11 is 0.429. The van der Waals surface area contributed by atoms with Gasteiger partial charge in [0.05, 0.1) is 12.3 Å². The molecule has 0 spiro atoms. The molecule has 0 saturated carbocycles. The standard InChI is InChI=1S/C12H10F4N2OS/c13-8-4-2-1-3-7(8)9(19)5-17-11-18-6-10(20-11)12(14,15)16/h1-4,6,9,19H,5H2,(H,17,18). The van der Waals surface area contributed by atoms with E-state index < -0.39 is 23.0 Å². The maximum atomic E-state index is 13.4. The smallest absolute Gasteiger partial charge is 0.386 e. The zero-order valence-electron chi connectivity index (χ0n) is 9.99. The van der Waals surface area contributed by atoms with Crippen LogP contribution in [0.15, 0.2) is 30.5 Å². The van der Waals surface area contributed by atoms with Crippen molar-refractivity contribution in [2.45, 2.75) is 12.3 Å². The van der Waals surface area contributed by atoms with E-state index in [-0.39, 0.29) is 17.2 Å². The van der Waals surface area contributed by atoms with E-state index in [1.807, 2.05) is 0 Å². The number of aromatic nitrogens is 1. The first-order chi connectivity index (χ1) is 9.38. The summed E-state index contributed by atoms with van der Waals surface area (Å²) in [6, 6.07) is 5.65. The summed E-state index contributed by atoms with van der Waals surface area (Å²) in [7, 11) is 0. The Labute approximate surface area is 115 Å². The molecular formula is C12H10F4N2OS. The molecule has 0 aliphatic heterocycles. The van der Waals surface area contributed by atoms with E-state index in [2.05, 4.69) is 10.3 Å². The van der Waals surface area contributed by atoms with Crippen LogP contribution in [0.25, 0.3) is 0 Å². The van der Waals surface area contributed by atoms with Gasteiger partial charge in [-0.15, -0.1) is 0 Å². The molecule has 2 rings (SSSR count). The van der Waals surface area contributed by atoms with Crippen molar-refractivity contribution < 1.29 is 22.7 Å². The molecule has 0 aliphatic rings. The largest absolute Gasteiger partial charge is 0.427 e. The van der Waals surface area contributed by atoms with Crippen LogP contribution in [0.2, 0.25) is 0 Å². The monoisotopic (exact) mass is 306 g/mol. The van der Waals surface area contributed by atoms with Crippen LogP contribution >= 0.6 is 11.3 Å². The van der Waals surface area contributed by atoms with Crippen LogP contribution < -0.4 is 5.32 Å². The molecular weight excluding hydrogens is 296 g/mol. The lowest BCUT2D eigenvalue weighted by Crippen LogP contribution is -2.13. The third-order valence-electron chi connectivity index (χ3n) is 2.50. The quantitative estimate of drug-likeness (QED) is 0.851. The van der Waals surface area contributed by atoms with E-state index in [1.54, 1.807) is 6.07 Å². The van der Waals surface area contributed by atoms with Gasteiger partial charge in [0, 0.05) is 12.1 Å². The number of hydrogen-bond donors (Lipinski definition) is 2. The molecule has 0 radical (unpaired) electrons. The van der Waals surface area contributed by atoms with E-state index in [9.17, 15) is 22.7 Å². The van der Waals surface area contributed by atoms with Gasteiger partial charge in [-0.05, 0) is 6.07 Å². The van der Waals surface area contributed by atoms with E-state index in [1.165, 1.54) is 18.2 Å². The van der Waals surface area contributed by atoms with E-state index >= 15 is 0 Å². The summed E-state index contributed by atoms with van der Waals surface area (Å²) in [5.41, 5.74) is 0.0765. The predicted octanol–water partition coefficient (Wildman–Crippen LogP) is 3.45. The highest BCUT2D eigenvalue weighted by atomic mass is 32.1. The number of nitrogens with zero attached hydrogens (tertiary/aromatic N) is 1. The zero-order valence-corrected chi connectivity index (χ0v) is 10.8. The summed E-state index contributed by atoms with van der Waals surface area (Å²) in [5.74, 6) is -0.572. The Bertz CT molecular complexity index is 585. The molecule has 108 valence electrons. The van der Waals surface area contributed by atoms with Gasteiger partial charge >= 0.3 is 6.18 Å². The number of aliphatic hydroxyl groups excluding tert-OH is 1. The number of anilines is 1. The number of alkyl halides is 3. The number of aliphatic hydroxyl groups is 1. The van der Waals surface area contributed by atoms with Gasteiger partial charge in [0.15, 0.2) is 5.13 Å². The molecule has 0 fully saturated rings. The summed E-state index contributed by atoms with van der Waals surface area (Å²) < 4.78 is 50.5. The Balaban J connectivity index is 1.99. The molecule has 1 atom stereocenters. The first kappa shape index (κ1) is 14.7. The Morgan fingerprint density at radius 1 is 1.30 bits per heavy atom. The number of rotatable bonds is 4. The number of hydrogen-bond acceptors (Lipinski definition) is 4. The minimum atomic E-state index is -4.44. The Morgan fingerprint density at radius 3 is 2.60 bits per heavy atom. The highest BCUT2D eigenvalue weighted by Crippen LogP contribution is 2.35. The van der Waals surface area contributed by atoms with Crippen LogP contribution in [-0.2, 0) is 6.18 Å². The molecule has 1 aromatic heterocycles. The van der Waals surface area contributed by atoms with Crippen LogP contribution in [0, 0.1) is 5.82 Å². The fourth-order valence-corrected chi connectivity index (χ4v) is 2.22. The third kappa shape index (κ3) is 3.45. The van der Waals surface area contributed by atoms with Crippen LogP contribution in [0.1, 0.15) is 16.5 Å². The van der Waals surface area contributed by atoms with Crippen LogP contribution in [0.3, 0.4) is 0 Å². The van der Waals surface area contributed by atoms with Crippen LogP contribution in [-0.4, -0.2) is 16.6 Å². The van der Waals surface area contributed by atoms with Gasteiger partial charge in [0.2, 0.25) is 0 Å². The third-order valence-corrected chi connectivity index (χ3v) is 3.50. The topological polar surface area (TPSA) is 45.1 Å². The lowest BCUT2D eigenvalue weighted by Gasteiger charge is -2.12. The minimum Gasteiger partial charge on any atom is -0.386 e. The summed E-state index contributed by atoms with van der Waals surface area (Å²) in [6.07, 6.45) is -4.90. The van der Waals surface area contributed by atoms with Gasteiger partial charge in [-0.3, -0.25) is 0 Å². The van der Waals surface area contributed by atoms with Gasteiger partial charge in [-0.2, -0.15) is 13.2 Å². The van der Waals surface area contributed by atoms with Crippen molar-refractivity contribution in [3.05, 3.63) is 46.7 Å². The molecule has 3 nitrogen and oxygen atoms in total. The molecule has 2 N–H and O–H groups in total. The fraction of sp³-hybridized carbons (Fsp3) is 0.250. The number of halogens is 4. The van der Waals surface area contributed by atoms with Crippen LogP contribution in [0.5, 0.6) is 0 Å². The summed E-state index contributed by atoms with van der Waals surface area (Å²) in [5, 5.41) is 12.4. The Morgan fingerprint density at radius 2 is 2.00 bits per heavy atom. The lowest BCUT2D eigenvalue weighted by molar-refractivity contribution is -0.134. The number of benzene rings is 1. The van der Waals surface area contributed by atoms with Crippen molar-refractivity contribution in [3.8, 4) is 0 Å². The normalized spacial score (nSPS) is 13.2. The maximum absolute atomic E-state index is 13.4. The van der Waals surface area contributed by atoms with Crippen LogP contribution in [0.4, 0.5) is 22.7 Å². The highest BCUT2D eigenvalue weighted by molar-refractivity contribution is 7.15. The molecule has 8 heteroatoms. The van der Waals surface area contributed by atoms with Crippen molar-refractivity contribution in [2.24, 2.45) is 0 Å². The molecule has 20 heavy (non-hydrogen) atoms. The summed E-state index contributed by atoms with van der Waals surface area (Å²) in [4.78, 5) is 2.72. The molecule has 0 bridgehead atoms. The van der Waals surface area contributed by atoms with Gasteiger partial charge in [-0.1, -0.05) is 29.5 Å². The molecule has 0 amide bonds. The average molecular weight is 306 g/mol. The van der Waals surface area contributed by atoms with Gasteiger partial charge in [0.25, 0.3) is 0 Å². The average Bonchev–Trinajstić information content (AvgIpc) is 2.85. The second-order valence-electron chi connectivity index (χ2n) is 3.95. The molecule has 1 unspecified atom stereocenters. The van der Waals surface area contributed by atoms with Gasteiger partial charge in [0.1, 0.15) is 10.7 Å².